The van der Waals surface area contributed by atoms with Crippen LogP contribution < -0.4 is 0 Å². The molecule has 26 heteroatoms. The number of ether oxygens (including phenoxy) is 9. The fraction of sp³-hybridized carbons (Fsp3) is 0.531. The van der Waals surface area contributed by atoms with E-state index in [1.165, 1.54) is 12.1 Å². The van der Waals surface area contributed by atoms with Crippen LogP contribution >= 0.6 is 0 Å². The SMILES string of the molecule is CC1OC(C)[C@@H](OCc2ccccc2)[C@@H](C)[C@@H]1O.CC1OC(C)[C@@H](O[C@@H]2OC(COC(=O)C(=O)c3ccccc3)[C@@H](C)[C@H](C)C2N=[N+]=[N-])[C@H](C)[C@@H]1OCc1ccccc1.C[C@@H]1C(COC(=O)C(=O)c2ccccc2)OC(O)C(N=[N+]=[N-])[C@H]1C.O=C=O.O=C=O.[2H][S-]. The molecule has 25 nitrogen and oxygen atoms in total. The van der Waals surface area contributed by atoms with E-state index in [2.05, 4.69) is 40.4 Å². The number of rotatable bonds is 18. The van der Waals surface area contributed by atoms with E-state index >= 15 is 0 Å². The Balaban J connectivity index is 0.000000365. The first-order valence-electron chi connectivity index (χ1n) is 29.5. The van der Waals surface area contributed by atoms with Gasteiger partial charge in [0.25, 0.3) is 11.6 Å². The van der Waals surface area contributed by atoms with E-state index in [9.17, 15) is 34.9 Å². The standard InChI is InChI=1S/C31H39N3O7.C16H19N3O5.C15H22O3.2CO2.H2S/c1-18-19(2)26(33-34-32)31(40-25(18)17-38-30(36)27(35)24-14-10-7-11-15-24)41-29-20(3)28(21(4)39-22(29)5)37-16-23-12-8-6-9-13-23;1-9-10(2)13(18-19-17)15(21)24-12(9)8-23-16(22)14(20)11-6-4-3-5-7-11;1-10-14(16)11(2)18-12(3)15(10)17-9-13-7-5-4-6-8-13;2*2-1-3;/h6-15,18-22,25-26,28-29,31H,16-17H2,1-5H3;3-7,9-10,12-13,15,21H,8H2,1-2H3;4-8,10-12,14-16H,9H2,1-3H3;;;1H2/p-1/t18-,19-,20+,21?,22?,25?,26?,28-,29-,31-;9-,10-,12?,13?,15?;10-,11?,12?,14-,15-;;;/m000.../s1/i/hD. The van der Waals surface area contributed by atoms with Gasteiger partial charge in [0.2, 0.25) is 0 Å². The molecule has 0 amide bonds. The number of carbonyl (C=O) groups excluding carboxylic acids is 8. The molecule has 4 saturated heterocycles. The number of thiol groups is 1. The monoisotopic (exact) mass is 1270 g/mol. The van der Waals surface area contributed by atoms with Crippen LogP contribution in [-0.4, -0.2) is 146 Å². The molecule has 2 N–H and O–H groups in total. The van der Waals surface area contributed by atoms with Crippen molar-refractivity contribution in [2.45, 2.75) is 168 Å². The third-order valence-electron chi connectivity index (χ3n) is 16.4. The number of Topliss-reactive ketones (excluding diaryl/α,β-unsaturated/α-hetero) is 2. The molecule has 0 aliphatic carbocycles. The van der Waals surface area contributed by atoms with Crippen molar-refractivity contribution < 1.29 is 91.2 Å². The van der Waals surface area contributed by atoms with Crippen LogP contribution in [0.2, 0.25) is 0 Å². The Morgan fingerprint density at radius 2 is 0.856 bits per heavy atom. The lowest BCUT2D eigenvalue weighted by Gasteiger charge is -2.48. The van der Waals surface area contributed by atoms with Gasteiger partial charge < -0.3 is 66.2 Å². The summed E-state index contributed by atoms with van der Waals surface area (Å²) in [5.74, 6) is -3.97. The number of hydrogen-bond donors (Lipinski definition) is 2. The molecule has 4 heterocycles. The highest BCUT2D eigenvalue weighted by Gasteiger charge is 2.48. The van der Waals surface area contributed by atoms with Gasteiger partial charge in [-0.2, -0.15) is 20.3 Å². The Kier molecular flexibility index (Phi) is 33.0. The smallest absolute Gasteiger partial charge is 0.379 e. The predicted octanol–water partition coefficient (Wildman–Crippen LogP) is 8.52. The summed E-state index contributed by atoms with van der Waals surface area (Å²) in [6.45, 7) is 20.2. The van der Waals surface area contributed by atoms with Crippen molar-refractivity contribution in [3.8, 4) is 0 Å². The van der Waals surface area contributed by atoms with E-state index in [4.69, 9.17) is 68.5 Å². The number of ketones is 2. The summed E-state index contributed by atoms with van der Waals surface area (Å²) in [4.78, 5) is 87.0. The summed E-state index contributed by atoms with van der Waals surface area (Å²) < 4.78 is 58.1. The van der Waals surface area contributed by atoms with Gasteiger partial charge in [-0.05, 0) is 73.6 Å². The second-order valence-electron chi connectivity index (χ2n) is 22.1. The summed E-state index contributed by atoms with van der Waals surface area (Å²) in [6.07, 6.45) is -4.57. The summed E-state index contributed by atoms with van der Waals surface area (Å²) in [7, 11) is 0. The minimum atomic E-state index is -1.28. The number of esters is 2. The maximum atomic E-state index is 12.5. The topological polar surface area (TPSA) is 358 Å². The number of nitrogens with zero attached hydrogens (tertiary/aromatic N) is 6. The van der Waals surface area contributed by atoms with Crippen LogP contribution in [0.1, 0.15) is 101 Å². The van der Waals surface area contributed by atoms with Crippen molar-refractivity contribution in [1.29, 1.82) is 1.12 Å². The fourth-order valence-corrected chi connectivity index (χ4v) is 10.9. The van der Waals surface area contributed by atoms with E-state index < -0.39 is 72.6 Å². The third-order valence-corrected chi connectivity index (χ3v) is 16.4. The molecule has 8 rings (SSSR count). The molecule has 488 valence electrons. The lowest BCUT2D eigenvalue weighted by molar-refractivity contribution is -0.297. The fourth-order valence-electron chi connectivity index (χ4n) is 10.9. The Bertz CT molecular complexity index is 2990. The minimum Gasteiger partial charge on any atom is -0.813 e. The molecule has 4 aliphatic rings. The van der Waals surface area contributed by atoms with Crippen LogP contribution in [0.5, 0.6) is 0 Å². The van der Waals surface area contributed by atoms with Gasteiger partial charge in [-0.25, -0.2) is 9.59 Å². The molecule has 20 atom stereocenters. The average molecular weight is 1270 g/mol. The number of benzene rings is 4. The van der Waals surface area contributed by atoms with Crippen LogP contribution in [0.25, 0.3) is 20.9 Å². The summed E-state index contributed by atoms with van der Waals surface area (Å²) in [6, 6.07) is 35.0. The van der Waals surface area contributed by atoms with Gasteiger partial charge in [-0.3, -0.25) is 9.59 Å². The van der Waals surface area contributed by atoms with E-state index in [1.54, 1.807) is 48.5 Å². The maximum Gasteiger partial charge on any atom is 0.379 e. The number of hydrogen-bond acceptors (Lipinski definition) is 22. The Hall–Kier alpha value is -7.47. The predicted molar refractivity (Wildman–Crippen MR) is 324 cm³/mol. The number of azide groups is 2. The second kappa shape index (κ2) is 39.6. The average Bonchev–Trinajstić information content (AvgIpc) is 3.15. The summed E-state index contributed by atoms with van der Waals surface area (Å²) >= 11 is 3.33. The molecule has 0 aromatic heterocycles. The van der Waals surface area contributed by atoms with E-state index in [0.717, 1.165) is 11.1 Å². The van der Waals surface area contributed by atoms with Gasteiger partial charge in [-0.15, -0.1) is 0 Å². The van der Waals surface area contributed by atoms with E-state index in [0.29, 0.717) is 13.2 Å². The molecule has 0 saturated carbocycles. The van der Waals surface area contributed by atoms with Gasteiger partial charge in [-0.1, -0.05) is 173 Å². The van der Waals surface area contributed by atoms with Crippen molar-refractivity contribution in [1.82, 2.24) is 0 Å². The maximum absolute atomic E-state index is 12.5. The first kappa shape index (κ1) is 75.0. The van der Waals surface area contributed by atoms with Gasteiger partial charge >= 0.3 is 24.2 Å². The molecule has 0 spiro atoms. The lowest BCUT2D eigenvalue weighted by Crippen LogP contribution is -2.57. The Morgan fingerprint density at radius 1 is 0.500 bits per heavy atom. The van der Waals surface area contributed by atoms with Crippen molar-refractivity contribution in [3.05, 3.63) is 164 Å². The van der Waals surface area contributed by atoms with Gasteiger partial charge in [0, 0.05) is 32.8 Å². The second-order valence-corrected chi connectivity index (χ2v) is 22.1. The van der Waals surface area contributed by atoms with Crippen molar-refractivity contribution in [3.63, 3.8) is 0 Å². The minimum absolute atomic E-state index is 0.0158. The molecular formula is C64H81N6O19S-. The van der Waals surface area contributed by atoms with Crippen molar-refractivity contribution >= 4 is 49.2 Å². The summed E-state index contributed by atoms with van der Waals surface area (Å²) in [5, 5.41) is 27.5. The zero-order valence-corrected chi connectivity index (χ0v) is 52.7. The van der Waals surface area contributed by atoms with Crippen LogP contribution in [0, 0.1) is 35.5 Å². The van der Waals surface area contributed by atoms with E-state index in [-0.39, 0.29) is 109 Å². The Labute approximate surface area is 531 Å². The van der Waals surface area contributed by atoms with Crippen molar-refractivity contribution in [2.75, 3.05) is 13.2 Å². The van der Waals surface area contributed by atoms with Crippen molar-refractivity contribution in [2.24, 2.45) is 45.7 Å². The number of aliphatic hydroxyl groups is 2. The highest BCUT2D eigenvalue weighted by molar-refractivity contribution is 7.37. The van der Waals surface area contributed by atoms with E-state index in [1.807, 2.05) is 123 Å². The molecule has 4 aliphatic heterocycles. The highest BCUT2D eigenvalue weighted by atomic mass is 32.1. The molecule has 0 bridgehead atoms. The highest BCUT2D eigenvalue weighted by Crippen LogP contribution is 2.39. The van der Waals surface area contributed by atoms with Gasteiger partial charge in [0.15, 0.2) is 12.6 Å². The quantitative estimate of drug-likeness (QED) is 0.0138. The zero-order chi connectivity index (χ0) is 67.7. The molecule has 90 heavy (non-hydrogen) atoms. The number of carbonyl (C=O) groups is 4. The Morgan fingerprint density at radius 3 is 1.28 bits per heavy atom. The molecule has 0 radical (unpaired) electrons. The first-order chi connectivity index (χ1) is 43.6. The first-order valence-corrected chi connectivity index (χ1v) is 29.1. The molecule has 4 aromatic carbocycles. The summed E-state index contributed by atoms with van der Waals surface area (Å²) in [5.41, 5.74) is 20.6. The molecule has 4 fully saturated rings. The largest absolute Gasteiger partial charge is 0.813 e. The molecular weight excluding hydrogens is 1190 g/mol. The van der Waals surface area contributed by atoms with Crippen LogP contribution in [0.3, 0.4) is 0 Å². The normalized spacial score (nSPS) is 30.6. The number of aliphatic hydroxyl groups excluding tert-OH is 2. The third kappa shape index (κ3) is 22.5. The van der Waals surface area contributed by atoms with Crippen LogP contribution in [-0.2, 0) is 98.0 Å². The molecule has 4 aromatic rings. The van der Waals surface area contributed by atoms with Crippen LogP contribution in [0.4, 0.5) is 0 Å². The van der Waals surface area contributed by atoms with Gasteiger partial charge in [0.05, 0.1) is 86.3 Å². The van der Waals surface area contributed by atoms with Crippen LogP contribution in [0.15, 0.2) is 132 Å². The molecule has 9 unspecified atom stereocenters. The zero-order valence-electron chi connectivity index (χ0n) is 52.8. The lowest BCUT2D eigenvalue weighted by atomic mass is 9.82. The van der Waals surface area contributed by atoms with Gasteiger partial charge in [0.1, 0.15) is 13.2 Å².